The van der Waals surface area contributed by atoms with Gasteiger partial charge in [-0.05, 0) is 53.3 Å². The van der Waals surface area contributed by atoms with Gasteiger partial charge in [0, 0.05) is 5.56 Å². The number of nitrogens with one attached hydrogen (secondary N) is 1. The number of benzene rings is 2. The topological polar surface area (TPSA) is 21.3 Å². The zero-order chi connectivity index (χ0) is 12.8. The van der Waals surface area contributed by atoms with Gasteiger partial charge in [-0.3, -0.25) is 0 Å². The van der Waals surface area contributed by atoms with Gasteiger partial charge >= 0.3 is 0 Å². The van der Waals surface area contributed by atoms with Crippen LogP contribution in [0.25, 0.3) is 10.8 Å². The summed E-state index contributed by atoms with van der Waals surface area (Å²) in [6.45, 7) is 4.05. The molecule has 1 aliphatic rings. The second-order valence-electron chi connectivity index (χ2n) is 4.69. The molecule has 1 aliphatic heterocycles. The van der Waals surface area contributed by atoms with Crippen LogP contribution < -0.4 is 5.32 Å². The van der Waals surface area contributed by atoms with Gasteiger partial charge in [-0.1, -0.05) is 36.4 Å². The summed E-state index contributed by atoms with van der Waals surface area (Å²) < 4.78 is 7.03. The summed E-state index contributed by atoms with van der Waals surface area (Å²) in [7, 11) is 0. The Bertz CT molecular complexity index is 634. The van der Waals surface area contributed by atoms with Crippen molar-refractivity contribution in [2.24, 2.45) is 0 Å². The number of halogens is 1. The SMILES string of the molecule is CC1=C(I)NC(C)(c2ccc3ccccc3c2)O1. The fourth-order valence-corrected chi connectivity index (χ4v) is 2.92. The molecule has 1 unspecified atom stereocenters. The smallest absolute Gasteiger partial charge is 0.204 e. The average Bonchev–Trinajstić information content (AvgIpc) is 2.64. The van der Waals surface area contributed by atoms with Crippen LogP contribution in [0.4, 0.5) is 0 Å². The zero-order valence-electron chi connectivity index (χ0n) is 10.3. The van der Waals surface area contributed by atoms with E-state index in [0.717, 1.165) is 15.0 Å². The fourth-order valence-electron chi connectivity index (χ4n) is 2.29. The van der Waals surface area contributed by atoms with Gasteiger partial charge < -0.3 is 10.1 Å². The zero-order valence-corrected chi connectivity index (χ0v) is 12.5. The molecule has 3 heteroatoms. The molecule has 0 fully saturated rings. The van der Waals surface area contributed by atoms with Crippen LogP contribution in [0.15, 0.2) is 51.9 Å². The van der Waals surface area contributed by atoms with Gasteiger partial charge in [0.2, 0.25) is 5.72 Å². The van der Waals surface area contributed by atoms with Crippen molar-refractivity contribution in [3.8, 4) is 0 Å². The Morgan fingerprint density at radius 3 is 2.50 bits per heavy atom. The number of ether oxygens (including phenoxy) is 1. The maximum absolute atomic E-state index is 5.96. The van der Waals surface area contributed by atoms with E-state index in [-0.39, 0.29) is 0 Å². The number of hydrogen-bond donors (Lipinski definition) is 1. The van der Waals surface area contributed by atoms with Crippen molar-refractivity contribution in [1.29, 1.82) is 0 Å². The second kappa shape index (κ2) is 4.16. The predicted molar refractivity (Wildman–Crippen MR) is 82.2 cm³/mol. The molecule has 2 aromatic rings. The van der Waals surface area contributed by atoms with Crippen LogP contribution in [0.5, 0.6) is 0 Å². The highest BCUT2D eigenvalue weighted by Gasteiger charge is 2.35. The molecule has 92 valence electrons. The highest BCUT2D eigenvalue weighted by Crippen LogP contribution is 2.35. The normalized spacial score (nSPS) is 23.1. The molecule has 0 radical (unpaired) electrons. The third kappa shape index (κ3) is 1.86. The van der Waals surface area contributed by atoms with Gasteiger partial charge in [-0.25, -0.2) is 0 Å². The van der Waals surface area contributed by atoms with Crippen LogP contribution in [0.3, 0.4) is 0 Å². The lowest BCUT2D eigenvalue weighted by molar-refractivity contribution is 0.0225. The maximum atomic E-state index is 5.96. The first-order chi connectivity index (χ1) is 8.58. The molecule has 2 nitrogen and oxygen atoms in total. The van der Waals surface area contributed by atoms with E-state index < -0.39 is 5.72 Å². The van der Waals surface area contributed by atoms with Gasteiger partial charge in [0.1, 0.15) is 9.46 Å². The van der Waals surface area contributed by atoms with Crippen LogP contribution >= 0.6 is 22.6 Å². The van der Waals surface area contributed by atoms with Gasteiger partial charge in [0.15, 0.2) is 0 Å². The van der Waals surface area contributed by atoms with Crippen molar-refractivity contribution in [1.82, 2.24) is 5.32 Å². The molecule has 0 bridgehead atoms. The summed E-state index contributed by atoms with van der Waals surface area (Å²) >= 11 is 2.27. The highest BCUT2D eigenvalue weighted by atomic mass is 127. The van der Waals surface area contributed by atoms with E-state index in [4.69, 9.17) is 4.74 Å². The molecule has 3 rings (SSSR count). The largest absolute Gasteiger partial charge is 0.466 e. The lowest BCUT2D eigenvalue weighted by atomic mass is 10.0. The van der Waals surface area contributed by atoms with Crippen LogP contribution in [-0.2, 0) is 10.5 Å². The first-order valence-corrected chi connectivity index (χ1v) is 6.99. The third-order valence-electron chi connectivity index (χ3n) is 3.31. The molecule has 0 aliphatic carbocycles. The Labute approximate surface area is 120 Å². The summed E-state index contributed by atoms with van der Waals surface area (Å²) in [4.78, 5) is 0. The first-order valence-electron chi connectivity index (χ1n) is 5.91. The van der Waals surface area contributed by atoms with Gasteiger partial charge in [0.05, 0.1) is 0 Å². The molecule has 1 heterocycles. The molecular formula is C15H14INO. The van der Waals surface area contributed by atoms with Crippen molar-refractivity contribution in [2.45, 2.75) is 19.6 Å². The summed E-state index contributed by atoms with van der Waals surface area (Å²) in [6, 6.07) is 14.8. The van der Waals surface area contributed by atoms with E-state index in [0.29, 0.717) is 0 Å². The maximum Gasteiger partial charge on any atom is 0.204 e. The molecule has 0 saturated carbocycles. The number of hydrogen-bond acceptors (Lipinski definition) is 2. The van der Waals surface area contributed by atoms with E-state index in [1.165, 1.54) is 10.8 Å². The van der Waals surface area contributed by atoms with Crippen molar-refractivity contribution in [2.75, 3.05) is 0 Å². The van der Waals surface area contributed by atoms with E-state index in [1.54, 1.807) is 0 Å². The molecule has 0 spiro atoms. The molecule has 0 amide bonds. The van der Waals surface area contributed by atoms with Crippen LogP contribution in [0, 0.1) is 0 Å². The Morgan fingerprint density at radius 2 is 1.83 bits per heavy atom. The van der Waals surface area contributed by atoms with Gasteiger partial charge in [-0.2, -0.15) is 0 Å². The summed E-state index contributed by atoms with van der Waals surface area (Å²) in [6.07, 6.45) is 0. The number of allylic oxidation sites excluding steroid dienone is 1. The first kappa shape index (κ1) is 11.8. The average molecular weight is 351 g/mol. The highest BCUT2D eigenvalue weighted by molar-refractivity contribution is 14.1. The Kier molecular flexibility index (Phi) is 2.73. The number of rotatable bonds is 1. The van der Waals surface area contributed by atoms with Gasteiger partial charge in [0.25, 0.3) is 0 Å². The monoisotopic (exact) mass is 351 g/mol. The van der Waals surface area contributed by atoms with E-state index in [9.17, 15) is 0 Å². The lowest BCUT2D eigenvalue weighted by Gasteiger charge is -2.26. The van der Waals surface area contributed by atoms with Crippen molar-refractivity contribution in [3.05, 3.63) is 57.5 Å². The van der Waals surface area contributed by atoms with Gasteiger partial charge in [-0.15, -0.1) is 0 Å². The Morgan fingerprint density at radius 1 is 1.11 bits per heavy atom. The van der Waals surface area contributed by atoms with E-state index in [2.05, 4.69) is 77.3 Å². The van der Waals surface area contributed by atoms with Crippen molar-refractivity contribution in [3.63, 3.8) is 0 Å². The molecule has 0 saturated heterocycles. The molecule has 2 aromatic carbocycles. The molecular weight excluding hydrogens is 337 g/mol. The quantitative estimate of drug-likeness (QED) is 0.613. The summed E-state index contributed by atoms with van der Waals surface area (Å²) in [5.74, 6) is 0.950. The van der Waals surface area contributed by atoms with Crippen LogP contribution in [0.1, 0.15) is 19.4 Å². The standard InChI is InChI=1S/C15H14INO/c1-10-14(16)17-15(2,18-10)13-8-7-11-5-3-4-6-12(11)9-13/h3-9,17H,1-2H3. The minimum atomic E-state index is -0.454. The van der Waals surface area contributed by atoms with Crippen molar-refractivity contribution < 1.29 is 4.74 Å². The third-order valence-corrected chi connectivity index (χ3v) is 4.34. The molecule has 1 N–H and O–H groups in total. The predicted octanol–water partition coefficient (Wildman–Crippen LogP) is 4.26. The van der Waals surface area contributed by atoms with E-state index in [1.807, 2.05) is 6.92 Å². The van der Waals surface area contributed by atoms with Crippen LogP contribution in [-0.4, -0.2) is 0 Å². The second-order valence-corrected chi connectivity index (χ2v) is 5.77. The minimum Gasteiger partial charge on any atom is -0.466 e. The number of fused-ring (bicyclic) bond motifs is 1. The van der Waals surface area contributed by atoms with E-state index >= 15 is 0 Å². The molecule has 1 atom stereocenters. The van der Waals surface area contributed by atoms with Crippen LogP contribution in [0.2, 0.25) is 0 Å². The lowest BCUT2D eigenvalue weighted by Crippen LogP contribution is -2.34. The summed E-state index contributed by atoms with van der Waals surface area (Å²) in [5.41, 5.74) is 0.692. The Balaban J connectivity index is 2.05. The van der Waals surface area contributed by atoms with Crippen molar-refractivity contribution >= 4 is 33.4 Å². The Hall–Kier alpha value is -1.23. The minimum absolute atomic E-state index is 0.454. The fraction of sp³-hybridized carbons (Fsp3) is 0.200. The molecule has 18 heavy (non-hydrogen) atoms. The molecule has 0 aromatic heterocycles. The summed E-state index contributed by atoms with van der Waals surface area (Å²) in [5, 5.41) is 5.89.